The zero-order chi connectivity index (χ0) is 12.3. The lowest BCUT2D eigenvalue weighted by molar-refractivity contribution is 0.451. The van der Waals surface area contributed by atoms with Crippen molar-refractivity contribution < 1.29 is 8.78 Å². The SMILES string of the molecule is Fc1ccc(CC2CCCCC(Br)C2)c(F)c1. The fourth-order valence-corrected chi connectivity index (χ4v) is 3.43. The first-order valence-corrected chi connectivity index (χ1v) is 7.14. The van der Waals surface area contributed by atoms with E-state index >= 15 is 0 Å². The van der Waals surface area contributed by atoms with Crippen molar-refractivity contribution in [1.82, 2.24) is 0 Å². The molecule has 0 spiro atoms. The van der Waals surface area contributed by atoms with Crippen molar-refractivity contribution >= 4 is 15.9 Å². The van der Waals surface area contributed by atoms with Crippen LogP contribution < -0.4 is 0 Å². The molecule has 1 saturated carbocycles. The summed E-state index contributed by atoms with van der Waals surface area (Å²) in [5, 5.41) is 0. The van der Waals surface area contributed by atoms with Gasteiger partial charge in [0.25, 0.3) is 0 Å². The molecule has 2 unspecified atom stereocenters. The van der Waals surface area contributed by atoms with Crippen LogP contribution in [0.1, 0.15) is 37.7 Å². The van der Waals surface area contributed by atoms with Crippen LogP contribution in [0.3, 0.4) is 0 Å². The van der Waals surface area contributed by atoms with E-state index in [0.717, 1.165) is 25.3 Å². The van der Waals surface area contributed by atoms with Crippen LogP contribution in [0.5, 0.6) is 0 Å². The van der Waals surface area contributed by atoms with E-state index < -0.39 is 11.6 Å². The van der Waals surface area contributed by atoms with Gasteiger partial charge in [-0.3, -0.25) is 0 Å². The number of alkyl halides is 1. The van der Waals surface area contributed by atoms with E-state index in [-0.39, 0.29) is 0 Å². The topological polar surface area (TPSA) is 0 Å². The van der Waals surface area contributed by atoms with Gasteiger partial charge in [-0.25, -0.2) is 8.78 Å². The average Bonchev–Trinajstić information content (AvgIpc) is 2.47. The molecule has 0 nitrogen and oxygen atoms in total. The van der Waals surface area contributed by atoms with Crippen molar-refractivity contribution in [2.45, 2.75) is 43.4 Å². The summed E-state index contributed by atoms with van der Waals surface area (Å²) < 4.78 is 26.4. The van der Waals surface area contributed by atoms with Gasteiger partial charge in [-0.15, -0.1) is 0 Å². The second-order valence-corrected chi connectivity index (χ2v) is 6.22. The number of benzene rings is 1. The van der Waals surface area contributed by atoms with Crippen molar-refractivity contribution in [3.8, 4) is 0 Å². The normalized spacial score (nSPS) is 25.6. The van der Waals surface area contributed by atoms with E-state index in [2.05, 4.69) is 15.9 Å². The third-order valence-corrected chi connectivity index (χ3v) is 4.32. The maximum atomic E-state index is 13.6. The quantitative estimate of drug-likeness (QED) is 0.541. The lowest BCUT2D eigenvalue weighted by Gasteiger charge is -2.16. The largest absolute Gasteiger partial charge is 0.207 e. The van der Waals surface area contributed by atoms with Crippen LogP contribution in [0, 0.1) is 17.6 Å². The molecule has 0 aliphatic heterocycles. The van der Waals surface area contributed by atoms with Crippen LogP contribution in [-0.4, -0.2) is 4.83 Å². The van der Waals surface area contributed by atoms with Gasteiger partial charge in [0.15, 0.2) is 0 Å². The van der Waals surface area contributed by atoms with Crippen molar-refractivity contribution in [1.29, 1.82) is 0 Å². The molecule has 1 aromatic carbocycles. The van der Waals surface area contributed by atoms with E-state index in [1.165, 1.54) is 25.3 Å². The highest BCUT2D eigenvalue weighted by atomic mass is 79.9. The van der Waals surface area contributed by atoms with Gasteiger partial charge in [0.2, 0.25) is 0 Å². The minimum Gasteiger partial charge on any atom is -0.207 e. The Bertz CT molecular complexity index is 378. The first-order chi connectivity index (χ1) is 8.15. The Kier molecular flexibility index (Phi) is 4.55. The zero-order valence-corrected chi connectivity index (χ0v) is 11.3. The van der Waals surface area contributed by atoms with Crippen molar-refractivity contribution in [3.63, 3.8) is 0 Å². The molecule has 0 radical (unpaired) electrons. The second-order valence-electron chi connectivity index (χ2n) is 4.92. The minimum absolute atomic E-state index is 0.402. The third-order valence-electron chi connectivity index (χ3n) is 3.49. The van der Waals surface area contributed by atoms with Gasteiger partial charge in [-0.1, -0.05) is 41.3 Å². The molecule has 0 aromatic heterocycles. The summed E-state index contributed by atoms with van der Waals surface area (Å²) in [6.07, 6.45) is 6.65. The van der Waals surface area contributed by atoms with Crippen molar-refractivity contribution in [3.05, 3.63) is 35.4 Å². The summed E-state index contributed by atoms with van der Waals surface area (Å²) in [4.78, 5) is 0.554. The number of rotatable bonds is 2. The van der Waals surface area contributed by atoms with Crippen molar-refractivity contribution in [2.75, 3.05) is 0 Å². The molecule has 1 aromatic rings. The summed E-state index contributed by atoms with van der Waals surface area (Å²) in [6.45, 7) is 0. The Balaban J connectivity index is 2.03. The molecule has 0 heterocycles. The molecular formula is C14H17BrF2. The van der Waals surface area contributed by atoms with Crippen LogP contribution in [0.15, 0.2) is 18.2 Å². The molecule has 2 rings (SSSR count). The molecule has 0 saturated heterocycles. The van der Waals surface area contributed by atoms with Crippen LogP contribution in [0.2, 0.25) is 0 Å². The highest BCUT2D eigenvalue weighted by Gasteiger charge is 2.19. The Labute approximate surface area is 110 Å². The second kappa shape index (κ2) is 5.94. The smallest absolute Gasteiger partial charge is 0.129 e. The standard InChI is InChI=1S/C14H17BrF2/c15-12-4-2-1-3-10(8-12)7-11-5-6-13(16)9-14(11)17/h5-6,9-10,12H,1-4,7-8H2. The molecule has 3 heteroatoms. The van der Waals surface area contributed by atoms with E-state index in [1.54, 1.807) is 6.07 Å². The van der Waals surface area contributed by atoms with Crippen LogP contribution in [-0.2, 0) is 6.42 Å². The molecule has 1 aliphatic rings. The van der Waals surface area contributed by atoms with Gasteiger partial charge in [0, 0.05) is 10.9 Å². The molecule has 0 N–H and O–H groups in total. The summed E-state index contributed by atoms with van der Waals surface area (Å²) in [7, 11) is 0. The molecule has 0 amide bonds. The monoisotopic (exact) mass is 302 g/mol. The highest BCUT2D eigenvalue weighted by molar-refractivity contribution is 9.09. The highest BCUT2D eigenvalue weighted by Crippen LogP contribution is 2.30. The zero-order valence-electron chi connectivity index (χ0n) is 9.76. The molecule has 17 heavy (non-hydrogen) atoms. The lowest BCUT2D eigenvalue weighted by atomic mass is 9.92. The summed E-state index contributed by atoms with van der Waals surface area (Å²) in [5.41, 5.74) is 0.651. The Morgan fingerprint density at radius 3 is 2.71 bits per heavy atom. The van der Waals surface area contributed by atoms with Gasteiger partial charge in [-0.05, 0) is 36.8 Å². The van der Waals surface area contributed by atoms with E-state index in [4.69, 9.17) is 0 Å². The molecule has 0 bridgehead atoms. The van der Waals surface area contributed by atoms with Gasteiger partial charge in [0.05, 0.1) is 0 Å². The Morgan fingerprint density at radius 1 is 1.18 bits per heavy atom. The fourth-order valence-electron chi connectivity index (χ4n) is 2.58. The number of halogens is 3. The lowest BCUT2D eigenvalue weighted by Crippen LogP contribution is -2.09. The minimum atomic E-state index is -0.495. The van der Waals surface area contributed by atoms with Crippen LogP contribution in [0.25, 0.3) is 0 Å². The third kappa shape index (κ3) is 3.77. The van der Waals surface area contributed by atoms with Gasteiger partial charge >= 0.3 is 0 Å². The number of hydrogen-bond acceptors (Lipinski definition) is 0. The maximum Gasteiger partial charge on any atom is 0.129 e. The van der Waals surface area contributed by atoms with E-state index in [9.17, 15) is 8.78 Å². The Hall–Kier alpha value is -0.440. The summed E-state index contributed by atoms with van der Waals surface area (Å²) >= 11 is 3.67. The fraction of sp³-hybridized carbons (Fsp3) is 0.571. The maximum absolute atomic E-state index is 13.6. The first kappa shape index (κ1) is 13.0. The van der Waals surface area contributed by atoms with Gasteiger partial charge in [0.1, 0.15) is 11.6 Å². The predicted molar refractivity (Wildman–Crippen MR) is 69.4 cm³/mol. The van der Waals surface area contributed by atoms with Crippen molar-refractivity contribution in [2.24, 2.45) is 5.92 Å². The van der Waals surface area contributed by atoms with Crippen LogP contribution in [0.4, 0.5) is 8.78 Å². The number of hydrogen-bond donors (Lipinski definition) is 0. The molecule has 2 atom stereocenters. The molecule has 1 fully saturated rings. The molecule has 1 aliphatic carbocycles. The Morgan fingerprint density at radius 2 is 1.94 bits per heavy atom. The van der Waals surface area contributed by atoms with Crippen LogP contribution >= 0.6 is 15.9 Å². The van der Waals surface area contributed by atoms with E-state index in [1.807, 2.05) is 0 Å². The average molecular weight is 303 g/mol. The summed E-state index contributed by atoms with van der Waals surface area (Å²) in [6, 6.07) is 3.91. The predicted octanol–water partition coefficient (Wildman–Crippen LogP) is 4.85. The molecular weight excluding hydrogens is 286 g/mol. The summed E-state index contributed by atoms with van der Waals surface area (Å²) in [5.74, 6) is -0.382. The molecule has 94 valence electrons. The van der Waals surface area contributed by atoms with Gasteiger partial charge < -0.3 is 0 Å². The van der Waals surface area contributed by atoms with E-state index in [0.29, 0.717) is 16.3 Å². The van der Waals surface area contributed by atoms with Gasteiger partial charge in [-0.2, -0.15) is 0 Å². The first-order valence-electron chi connectivity index (χ1n) is 6.23.